The van der Waals surface area contributed by atoms with E-state index in [2.05, 4.69) is 41.4 Å². The molecule has 0 atom stereocenters. The van der Waals surface area contributed by atoms with Crippen LogP contribution in [0.1, 0.15) is 22.4 Å². The van der Waals surface area contributed by atoms with Gasteiger partial charge in [-0.2, -0.15) is 0 Å². The highest BCUT2D eigenvalue weighted by atomic mass is 16.3. The molecule has 0 amide bonds. The average Bonchev–Trinajstić information content (AvgIpc) is 3.09. The topological polar surface area (TPSA) is 36.0 Å². The molecule has 0 radical (unpaired) electrons. The molecular weight excluding hydrogens is 246 g/mol. The molecule has 98 valence electrons. The maximum Gasteiger partial charge on any atom is 0.0682 e. The minimum Gasteiger partial charge on any atom is -0.392 e. The highest BCUT2D eigenvalue weighted by Gasteiger charge is 2.15. The Hall–Kier alpha value is -2.32. The monoisotopic (exact) mass is 261 g/mol. The van der Waals surface area contributed by atoms with E-state index in [1.165, 1.54) is 22.4 Å². The summed E-state index contributed by atoms with van der Waals surface area (Å²) in [4.78, 5) is 3.47. The molecule has 2 N–H and O–H groups in total. The molecule has 20 heavy (non-hydrogen) atoms. The fraction of sp³-hybridized carbons (Fsp3) is 0.111. The second-order valence-corrected chi connectivity index (χ2v) is 5.31. The molecule has 1 aromatic heterocycles. The van der Waals surface area contributed by atoms with Gasteiger partial charge in [0.25, 0.3) is 0 Å². The first-order valence-corrected chi connectivity index (χ1v) is 6.85. The van der Waals surface area contributed by atoms with Crippen LogP contribution in [0, 0.1) is 0 Å². The molecule has 2 aromatic carbocycles. The molecule has 0 saturated heterocycles. The molecule has 1 aliphatic rings. The van der Waals surface area contributed by atoms with E-state index in [0.29, 0.717) is 0 Å². The first kappa shape index (κ1) is 11.5. The summed E-state index contributed by atoms with van der Waals surface area (Å²) in [6.45, 7) is 0.0879. The highest BCUT2D eigenvalue weighted by Crippen LogP contribution is 2.32. The molecule has 4 rings (SSSR count). The standard InChI is InChI=1S/C18H15NO/c20-11-12-5-6-17-15(7-12)10-18(19-17)16-8-13-3-1-2-4-14(13)9-16/h1-8,10,19-20H,9,11H2. The van der Waals surface area contributed by atoms with Crippen LogP contribution in [0.4, 0.5) is 0 Å². The number of aromatic nitrogens is 1. The Bertz CT molecular complexity index is 826. The highest BCUT2D eigenvalue weighted by molar-refractivity contribution is 5.92. The number of hydrogen-bond donors (Lipinski definition) is 2. The quantitative estimate of drug-likeness (QED) is 0.724. The van der Waals surface area contributed by atoms with Crippen molar-refractivity contribution in [3.8, 4) is 0 Å². The van der Waals surface area contributed by atoms with Crippen LogP contribution in [0.3, 0.4) is 0 Å². The zero-order valence-corrected chi connectivity index (χ0v) is 11.1. The summed E-state index contributed by atoms with van der Waals surface area (Å²) < 4.78 is 0. The van der Waals surface area contributed by atoms with Gasteiger partial charge < -0.3 is 10.1 Å². The third-order valence-corrected chi connectivity index (χ3v) is 3.98. The van der Waals surface area contributed by atoms with Gasteiger partial charge in [0.1, 0.15) is 0 Å². The third-order valence-electron chi connectivity index (χ3n) is 3.98. The summed E-state index contributed by atoms with van der Waals surface area (Å²) in [5.41, 5.74) is 7.27. The molecule has 0 aliphatic heterocycles. The largest absolute Gasteiger partial charge is 0.392 e. The van der Waals surface area contributed by atoms with E-state index in [9.17, 15) is 5.11 Å². The lowest BCUT2D eigenvalue weighted by Crippen LogP contribution is -1.84. The van der Waals surface area contributed by atoms with Gasteiger partial charge in [-0.15, -0.1) is 0 Å². The van der Waals surface area contributed by atoms with Crippen molar-refractivity contribution in [3.63, 3.8) is 0 Å². The fourth-order valence-electron chi connectivity index (χ4n) is 2.91. The number of aliphatic hydroxyl groups excluding tert-OH is 1. The van der Waals surface area contributed by atoms with Crippen LogP contribution in [0.25, 0.3) is 22.6 Å². The summed E-state index contributed by atoms with van der Waals surface area (Å²) in [6.07, 6.45) is 3.24. The smallest absolute Gasteiger partial charge is 0.0682 e. The lowest BCUT2D eigenvalue weighted by molar-refractivity contribution is 0.282. The van der Waals surface area contributed by atoms with Crippen LogP contribution in [-0.2, 0) is 13.0 Å². The second kappa shape index (κ2) is 4.36. The molecule has 1 aliphatic carbocycles. The van der Waals surface area contributed by atoms with Crippen LogP contribution >= 0.6 is 0 Å². The Morgan fingerprint density at radius 1 is 1.05 bits per heavy atom. The van der Waals surface area contributed by atoms with E-state index in [0.717, 1.165) is 22.9 Å². The molecule has 1 heterocycles. The van der Waals surface area contributed by atoms with E-state index in [4.69, 9.17) is 0 Å². The molecule has 2 heteroatoms. The summed E-state index contributed by atoms with van der Waals surface area (Å²) in [5.74, 6) is 0. The molecule has 0 saturated carbocycles. The van der Waals surface area contributed by atoms with Gasteiger partial charge in [0, 0.05) is 23.0 Å². The molecule has 2 nitrogen and oxygen atoms in total. The first-order chi connectivity index (χ1) is 9.83. The van der Waals surface area contributed by atoms with Crippen LogP contribution in [0.2, 0.25) is 0 Å². The molecule has 0 spiro atoms. The Kier molecular flexibility index (Phi) is 2.51. The van der Waals surface area contributed by atoms with Crippen molar-refractivity contribution in [1.82, 2.24) is 4.98 Å². The van der Waals surface area contributed by atoms with Gasteiger partial charge in [-0.05, 0) is 46.5 Å². The van der Waals surface area contributed by atoms with Gasteiger partial charge in [0.15, 0.2) is 0 Å². The predicted octanol–water partition coefficient (Wildman–Crippen LogP) is 3.76. The zero-order valence-electron chi connectivity index (χ0n) is 11.1. The van der Waals surface area contributed by atoms with E-state index < -0.39 is 0 Å². The van der Waals surface area contributed by atoms with Crippen molar-refractivity contribution in [2.45, 2.75) is 13.0 Å². The lowest BCUT2D eigenvalue weighted by Gasteiger charge is -1.97. The summed E-state index contributed by atoms with van der Waals surface area (Å²) in [7, 11) is 0. The number of aromatic amines is 1. The van der Waals surface area contributed by atoms with E-state index in [1.807, 2.05) is 18.2 Å². The molecular formula is C18H15NO. The Morgan fingerprint density at radius 3 is 2.80 bits per heavy atom. The van der Waals surface area contributed by atoms with Crippen molar-refractivity contribution in [3.05, 3.63) is 70.9 Å². The Morgan fingerprint density at radius 2 is 1.95 bits per heavy atom. The number of hydrogen-bond acceptors (Lipinski definition) is 1. The number of allylic oxidation sites excluding steroid dienone is 1. The van der Waals surface area contributed by atoms with Crippen LogP contribution in [0.15, 0.2) is 48.5 Å². The summed E-state index contributed by atoms with van der Waals surface area (Å²) >= 11 is 0. The number of fused-ring (bicyclic) bond motifs is 2. The van der Waals surface area contributed by atoms with Crippen LogP contribution in [0.5, 0.6) is 0 Å². The van der Waals surface area contributed by atoms with Crippen molar-refractivity contribution in [1.29, 1.82) is 0 Å². The van der Waals surface area contributed by atoms with Gasteiger partial charge in [-0.3, -0.25) is 0 Å². The number of benzene rings is 2. The van der Waals surface area contributed by atoms with Gasteiger partial charge >= 0.3 is 0 Å². The molecule has 0 fully saturated rings. The Labute approximate surface area is 117 Å². The van der Waals surface area contributed by atoms with Gasteiger partial charge in [0.2, 0.25) is 0 Å². The van der Waals surface area contributed by atoms with Crippen molar-refractivity contribution < 1.29 is 5.11 Å². The lowest BCUT2D eigenvalue weighted by atomic mass is 10.1. The molecule has 0 bridgehead atoms. The fourth-order valence-corrected chi connectivity index (χ4v) is 2.91. The first-order valence-electron chi connectivity index (χ1n) is 6.85. The van der Waals surface area contributed by atoms with Crippen LogP contribution in [-0.4, -0.2) is 10.1 Å². The second-order valence-electron chi connectivity index (χ2n) is 5.31. The van der Waals surface area contributed by atoms with Crippen LogP contribution < -0.4 is 0 Å². The number of H-pyrrole nitrogens is 1. The number of rotatable bonds is 2. The van der Waals surface area contributed by atoms with Crippen molar-refractivity contribution in [2.75, 3.05) is 0 Å². The van der Waals surface area contributed by atoms with Gasteiger partial charge in [-0.1, -0.05) is 30.3 Å². The molecule has 0 unspecified atom stereocenters. The third kappa shape index (κ3) is 1.77. The minimum atomic E-state index is 0.0879. The normalized spacial score (nSPS) is 13.6. The minimum absolute atomic E-state index is 0.0879. The maximum absolute atomic E-state index is 9.21. The van der Waals surface area contributed by atoms with E-state index in [-0.39, 0.29) is 6.61 Å². The Balaban J connectivity index is 1.77. The van der Waals surface area contributed by atoms with E-state index in [1.54, 1.807) is 0 Å². The zero-order chi connectivity index (χ0) is 13.5. The number of aliphatic hydroxyl groups is 1. The predicted molar refractivity (Wildman–Crippen MR) is 82.2 cm³/mol. The summed E-state index contributed by atoms with van der Waals surface area (Å²) in [6, 6.07) is 16.7. The van der Waals surface area contributed by atoms with Crippen molar-refractivity contribution >= 4 is 22.6 Å². The molecule has 3 aromatic rings. The van der Waals surface area contributed by atoms with Gasteiger partial charge in [0.05, 0.1) is 6.61 Å². The van der Waals surface area contributed by atoms with E-state index >= 15 is 0 Å². The maximum atomic E-state index is 9.21. The summed E-state index contributed by atoms with van der Waals surface area (Å²) in [5, 5.41) is 10.4. The average molecular weight is 261 g/mol. The van der Waals surface area contributed by atoms with Gasteiger partial charge in [-0.25, -0.2) is 0 Å². The van der Waals surface area contributed by atoms with Crippen molar-refractivity contribution in [2.24, 2.45) is 0 Å². The SMILES string of the molecule is OCc1ccc2[nH]c(C3=Cc4ccccc4C3)cc2c1. The number of nitrogens with one attached hydrogen (secondary N) is 1.